The Balaban J connectivity index is 1.69. The normalized spacial score (nSPS) is 13.9. The van der Waals surface area contributed by atoms with E-state index in [9.17, 15) is 4.79 Å². The predicted molar refractivity (Wildman–Crippen MR) is 91.5 cm³/mol. The molecule has 23 heavy (non-hydrogen) atoms. The Morgan fingerprint density at radius 2 is 2.00 bits per heavy atom. The van der Waals surface area contributed by atoms with Crippen molar-refractivity contribution >= 4 is 28.9 Å². The van der Waals surface area contributed by atoms with Crippen LogP contribution in [0.2, 0.25) is 5.02 Å². The van der Waals surface area contributed by atoms with Crippen molar-refractivity contribution in [2.45, 2.75) is 19.4 Å². The highest BCUT2D eigenvalue weighted by Gasteiger charge is 2.21. The van der Waals surface area contributed by atoms with E-state index in [1.165, 1.54) is 0 Å². The maximum Gasteiger partial charge on any atom is 0.227 e. The van der Waals surface area contributed by atoms with Gasteiger partial charge in [-0.2, -0.15) is 5.26 Å². The molecule has 4 nitrogen and oxygen atoms in total. The highest BCUT2D eigenvalue weighted by Crippen LogP contribution is 2.23. The average Bonchev–Trinajstić information content (AvgIpc) is 2.99. The molecule has 0 aromatic heterocycles. The number of hydrogen-bond donors (Lipinski definition) is 1. The molecule has 3 rings (SSSR count). The number of carbonyl (C=O) groups excluding carboxylic acids is 1. The summed E-state index contributed by atoms with van der Waals surface area (Å²) in [5, 5.41) is 12.9. The zero-order chi connectivity index (χ0) is 16.2. The first-order chi connectivity index (χ1) is 11.2. The summed E-state index contributed by atoms with van der Waals surface area (Å²) in [7, 11) is 0. The monoisotopic (exact) mass is 325 g/mol. The molecule has 0 bridgehead atoms. The number of anilines is 2. The van der Waals surface area contributed by atoms with Crippen LogP contribution in [0.4, 0.5) is 11.4 Å². The van der Waals surface area contributed by atoms with Crippen LogP contribution in [-0.2, 0) is 11.3 Å². The molecule has 0 radical (unpaired) electrons. The molecule has 1 fully saturated rings. The highest BCUT2D eigenvalue weighted by molar-refractivity contribution is 6.30. The molecule has 116 valence electrons. The lowest BCUT2D eigenvalue weighted by Crippen LogP contribution is -2.23. The van der Waals surface area contributed by atoms with Gasteiger partial charge in [0, 0.05) is 30.2 Å². The summed E-state index contributed by atoms with van der Waals surface area (Å²) in [6.07, 6.45) is 1.56. The van der Waals surface area contributed by atoms with Gasteiger partial charge in [-0.3, -0.25) is 4.79 Å². The van der Waals surface area contributed by atoms with Gasteiger partial charge >= 0.3 is 0 Å². The number of carbonyl (C=O) groups is 1. The molecule has 1 N–H and O–H groups in total. The number of nitrogens with zero attached hydrogens (tertiary/aromatic N) is 2. The van der Waals surface area contributed by atoms with Crippen LogP contribution in [0.25, 0.3) is 0 Å². The van der Waals surface area contributed by atoms with Crippen molar-refractivity contribution in [2.75, 3.05) is 16.8 Å². The van der Waals surface area contributed by atoms with Crippen molar-refractivity contribution < 1.29 is 4.79 Å². The molecule has 1 amide bonds. The van der Waals surface area contributed by atoms with Crippen molar-refractivity contribution in [1.82, 2.24) is 0 Å². The summed E-state index contributed by atoms with van der Waals surface area (Å²) in [6, 6.07) is 15.2. The third-order valence-corrected chi connectivity index (χ3v) is 4.14. The molecule has 2 aromatic carbocycles. The Morgan fingerprint density at radius 1 is 1.22 bits per heavy atom. The van der Waals surface area contributed by atoms with Gasteiger partial charge in [0.25, 0.3) is 0 Å². The quantitative estimate of drug-likeness (QED) is 0.926. The van der Waals surface area contributed by atoms with Gasteiger partial charge in [-0.1, -0.05) is 23.7 Å². The molecule has 1 saturated heterocycles. The van der Waals surface area contributed by atoms with Gasteiger partial charge in [-0.25, -0.2) is 0 Å². The van der Waals surface area contributed by atoms with Gasteiger partial charge in [0.1, 0.15) is 6.07 Å². The van der Waals surface area contributed by atoms with Crippen molar-refractivity contribution in [3.8, 4) is 6.07 Å². The number of halogens is 1. The second kappa shape index (κ2) is 6.72. The van der Waals surface area contributed by atoms with Gasteiger partial charge in [-0.05, 0) is 42.3 Å². The molecule has 1 heterocycles. The summed E-state index contributed by atoms with van der Waals surface area (Å²) in [5.41, 5.74) is 3.30. The van der Waals surface area contributed by atoms with E-state index in [0.717, 1.165) is 29.9 Å². The van der Waals surface area contributed by atoms with Crippen LogP contribution in [0, 0.1) is 11.3 Å². The van der Waals surface area contributed by atoms with Gasteiger partial charge in [-0.15, -0.1) is 0 Å². The standard InChI is InChI=1S/C18H16ClN3O/c19-15-6-5-14(11-20)17(10-15)21-12-13-3-7-16(8-4-13)22-9-1-2-18(22)23/h3-8,10,21H,1-2,9,12H2. The fourth-order valence-electron chi connectivity index (χ4n) is 2.67. The van der Waals surface area contributed by atoms with Gasteiger partial charge in [0.15, 0.2) is 0 Å². The molecule has 0 spiro atoms. The van der Waals surface area contributed by atoms with E-state index in [2.05, 4.69) is 11.4 Å². The number of benzene rings is 2. The summed E-state index contributed by atoms with van der Waals surface area (Å²) < 4.78 is 0. The third kappa shape index (κ3) is 3.46. The van der Waals surface area contributed by atoms with Gasteiger partial charge < -0.3 is 10.2 Å². The molecule has 1 aliphatic rings. The molecule has 0 saturated carbocycles. The van der Waals surface area contributed by atoms with E-state index in [0.29, 0.717) is 23.6 Å². The molecular formula is C18H16ClN3O. The fourth-order valence-corrected chi connectivity index (χ4v) is 2.84. The van der Waals surface area contributed by atoms with Crippen molar-refractivity contribution in [3.63, 3.8) is 0 Å². The largest absolute Gasteiger partial charge is 0.380 e. The van der Waals surface area contributed by atoms with Crippen molar-refractivity contribution in [2.24, 2.45) is 0 Å². The van der Waals surface area contributed by atoms with E-state index in [1.807, 2.05) is 29.2 Å². The van der Waals surface area contributed by atoms with E-state index in [1.54, 1.807) is 18.2 Å². The molecule has 5 heteroatoms. The van der Waals surface area contributed by atoms with Crippen LogP contribution in [-0.4, -0.2) is 12.5 Å². The van der Waals surface area contributed by atoms with E-state index >= 15 is 0 Å². The second-order valence-electron chi connectivity index (χ2n) is 5.47. The molecule has 1 aliphatic heterocycles. The lowest BCUT2D eigenvalue weighted by atomic mass is 10.1. The van der Waals surface area contributed by atoms with E-state index in [4.69, 9.17) is 16.9 Å². The Kier molecular flexibility index (Phi) is 4.50. The van der Waals surface area contributed by atoms with E-state index < -0.39 is 0 Å². The first-order valence-electron chi connectivity index (χ1n) is 7.50. The topological polar surface area (TPSA) is 56.1 Å². The number of nitrogens with one attached hydrogen (secondary N) is 1. The minimum atomic E-state index is 0.188. The Hall–Kier alpha value is -2.51. The molecule has 0 atom stereocenters. The van der Waals surface area contributed by atoms with Gasteiger partial charge in [0.05, 0.1) is 11.3 Å². The lowest BCUT2D eigenvalue weighted by Gasteiger charge is -2.16. The summed E-state index contributed by atoms with van der Waals surface area (Å²) in [4.78, 5) is 13.6. The number of rotatable bonds is 4. The molecule has 0 unspecified atom stereocenters. The molecular weight excluding hydrogens is 310 g/mol. The number of hydrogen-bond acceptors (Lipinski definition) is 3. The zero-order valence-corrected chi connectivity index (χ0v) is 13.3. The Bertz CT molecular complexity index is 765. The first-order valence-corrected chi connectivity index (χ1v) is 7.88. The zero-order valence-electron chi connectivity index (χ0n) is 12.6. The van der Waals surface area contributed by atoms with Crippen LogP contribution in [0.3, 0.4) is 0 Å². The SMILES string of the molecule is N#Cc1ccc(Cl)cc1NCc1ccc(N2CCCC2=O)cc1. The van der Waals surface area contributed by atoms with Crippen LogP contribution < -0.4 is 10.2 Å². The third-order valence-electron chi connectivity index (χ3n) is 3.91. The lowest BCUT2D eigenvalue weighted by molar-refractivity contribution is -0.117. The fraction of sp³-hybridized carbons (Fsp3) is 0.222. The summed E-state index contributed by atoms with van der Waals surface area (Å²) in [6.45, 7) is 1.38. The predicted octanol–water partition coefficient (Wildman–Crippen LogP) is 3.95. The Labute approximate surface area is 140 Å². The minimum absolute atomic E-state index is 0.188. The summed E-state index contributed by atoms with van der Waals surface area (Å²) >= 11 is 5.98. The maximum atomic E-state index is 11.7. The first kappa shape index (κ1) is 15.4. The maximum absolute atomic E-state index is 11.7. The smallest absolute Gasteiger partial charge is 0.227 e. The molecule has 0 aliphatic carbocycles. The van der Waals surface area contributed by atoms with Gasteiger partial charge in [0.2, 0.25) is 5.91 Å². The van der Waals surface area contributed by atoms with E-state index in [-0.39, 0.29) is 5.91 Å². The van der Waals surface area contributed by atoms with Crippen molar-refractivity contribution in [1.29, 1.82) is 5.26 Å². The number of nitriles is 1. The van der Waals surface area contributed by atoms with Crippen LogP contribution in [0.15, 0.2) is 42.5 Å². The number of amides is 1. The van der Waals surface area contributed by atoms with Crippen LogP contribution >= 0.6 is 11.6 Å². The van der Waals surface area contributed by atoms with Crippen LogP contribution in [0.1, 0.15) is 24.0 Å². The molecule has 2 aromatic rings. The van der Waals surface area contributed by atoms with Crippen molar-refractivity contribution in [3.05, 3.63) is 58.6 Å². The minimum Gasteiger partial charge on any atom is -0.380 e. The Morgan fingerprint density at radius 3 is 2.65 bits per heavy atom. The average molecular weight is 326 g/mol. The second-order valence-corrected chi connectivity index (χ2v) is 5.91. The highest BCUT2D eigenvalue weighted by atomic mass is 35.5. The van der Waals surface area contributed by atoms with Crippen LogP contribution in [0.5, 0.6) is 0 Å². The summed E-state index contributed by atoms with van der Waals surface area (Å²) in [5.74, 6) is 0.188.